The lowest BCUT2D eigenvalue weighted by atomic mass is 9.91. The molecule has 4 rings (SSSR count). The molecule has 168 valence electrons. The topological polar surface area (TPSA) is 76.4 Å². The van der Waals surface area contributed by atoms with E-state index in [2.05, 4.69) is 0 Å². The quantitative estimate of drug-likeness (QED) is 0.673. The number of nitrogens with zero attached hydrogens (tertiary/aromatic N) is 1. The van der Waals surface area contributed by atoms with Crippen LogP contribution in [0.3, 0.4) is 0 Å². The van der Waals surface area contributed by atoms with Gasteiger partial charge in [0, 0.05) is 11.4 Å². The van der Waals surface area contributed by atoms with E-state index in [9.17, 15) is 18.3 Å². The van der Waals surface area contributed by atoms with Gasteiger partial charge in [-0.3, -0.25) is 4.79 Å². The maximum Gasteiger partial charge on any atom is 0.323 e. The van der Waals surface area contributed by atoms with Crippen LogP contribution < -0.4 is 0 Å². The number of carboxylic acids is 1. The molecule has 1 N–H and O–H groups in total. The molecule has 0 amide bonds. The van der Waals surface area contributed by atoms with Gasteiger partial charge in [0.15, 0.2) is 9.84 Å². The highest BCUT2D eigenvalue weighted by molar-refractivity contribution is 7.91. The molecule has 0 saturated heterocycles. The fourth-order valence-electron chi connectivity index (χ4n) is 5.46. The standard InChI is InChI=1S/C25H33NO4S/c1-18-23(22-9-5-6-10-24(22)26(18)16-25(27)28)15-19-11-13-21(14-12-19)31(29,30)17-20-7-3-2-4-8-20/h11-14,20H,2-10,15-17H2,1H3,(H,27,28). The minimum absolute atomic E-state index is 0.00646. The van der Waals surface area contributed by atoms with E-state index < -0.39 is 15.8 Å². The molecule has 31 heavy (non-hydrogen) atoms. The van der Waals surface area contributed by atoms with Gasteiger partial charge in [0.2, 0.25) is 0 Å². The van der Waals surface area contributed by atoms with Crippen LogP contribution in [0.15, 0.2) is 29.2 Å². The highest BCUT2D eigenvalue weighted by atomic mass is 32.2. The van der Waals surface area contributed by atoms with Crippen molar-refractivity contribution in [2.75, 3.05) is 5.75 Å². The summed E-state index contributed by atoms with van der Waals surface area (Å²) in [7, 11) is -3.25. The highest BCUT2D eigenvalue weighted by Gasteiger charge is 2.25. The molecule has 2 aliphatic rings. The Bertz CT molecular complexity index is 1040. The molecule has 0 unspecified atom stereocenters. The largest absolute Gasteiger partial charge is 0.480 e. The zero-order valence-electron chi connectivity index (χ0n) is 18.4. The van der Waals surface area contributed by atoms with Gasteiger partial charge < -0.3 is 9.67 Å². The van der Waals surface area contributed by atoms with Crippen LogP contribution in [-0.4, -0.2) is 29.8 Å². The van der Waals surface area contributed by atoms with Crippen LogP contribution in [0.4, 0.5) is 0 Å². The number of hydrogen-bond acceptors (Lipinski definition) is 3. The van der Waals surface area contributed by atoms with Crippen molar-refractivity contribution >= 4 is 15.8 Å². The molecular weight excluding hydrogens is 410 g/mol. The van der Waals surface area contributed by atoms with Gasteiger partial charge in [-0.1, -0.05) is 31.4 Å². The minimum atomic E-state index is -3.25. The Morgan fingerprint density at radius 3 is 2.39 bits per heavy atom. The molecule has 0 radical (unpaired) electrons. The Morgan fingerprint density at radius 2 is 1.71 bits per heavy atom. The van der Waals surface area contributed by atoms with E-state index in [0.717, 1.165) is 62.6 Å². The van der Waals surface area contributed by atoms with Crippen LogP contribution in [0.5, 0.6) is 0 Å². The Morgan fingerprint density at radius 1 is 1.03 bits per heavy atom. The summed E-state index contributed by atoms with van der Waals surface area (Å²) in [4.78, 5) is 11.8. The molecular formula is C25H33NO4S. The van der Waals surface area contributed by atoms with E-state index in [0.29, 0.717) is 17.2 Å². The molecule has 1 heterocycles. The highest BCUT2D eigenvalue weighted by Crippen LogP contribution is 2.32. The average molecular weight is 444 g/mol. The van der Waals surface area contributed by atoms with Gasteiger partial charge in [0.25, 0.3) is 0 Å². The summed E-state index contributed by atoms with van der Waals surface area (Å²) in [5, 5.41) is 9.34. The first-order chi connectivity index (χ1) is 14.8. The molecule has 1 saturated carbocycles. The third-order valence-electron chi connectivity index (χ3n) is 7.11. The molecule has 2 aliphatic carbocycles. The van der Waals surface area contributed by atoms with Crippen molar-refractivity contribution in [2.45, 2.75) is 82.6 Å². The number of sulfone groups is 1. The predicted octanol–water partition coefficient (Wildman–Crippen LogP) is 4.70. The van der Waals surface area contributed by atoms with Crippen LogP contribution in [-0.2, 0) is 40.4 Å². The van der Waals surface area contributed by atoms with Crippen molar-refractivity contribution in [1.82, 2.24) is 4.57 Å². The van der Waals surface area contributed by atoms with E-state index in [4.69, 9.17) is 0 Å². The number of benzene rings is 1. The van der Waals surface area contributed by atoms with Crippen molar-refractivity contribution in [3.05, 3.63) is 52.3 Å². The summed E-state index contributed by atoms with van der Waals surface area (Å²) in [5.41, 5.74) is 5.80. The van der Waals surface area contributed by atoms with E-state index in [1.807, 2.05) is 23.6 Å². The van der Waals surface area contributed by atoms with Gasteiger partial charge in [-0.2, -0.15) is 0 Å². The Labute approximate surface area is 185 Å². The first kappa shape index (κ1) is 22.1. The Balaban J connectivity index is 1.54. The lowest BCUT2D eigenvalue weighted by Gasteiger charge is -2.21. The average Bonchev–Trinajstić information content (AvgIpc) is 3.00. The second-order valence-electron chi connectivity index (χ2n) is 9.28. The zero-order chi connectivity index (χ0) is 22.0. The monoisotopic (exact) mass is 443 g/mol. The van der Waals surface area contributed by atoms with Gasteiger partial charge in [0.05, 0.1) is 10.6 Å². The molecule has 1 fully saturated rings. The fourth-order valence-corrected chi connectivity index (χ4v) is 7.16. The van der Waals surface area contributed by atoms with E-state index in [-0.39, 0.29) is 12.3 Å². The third-order valence-corrected chi connectivity index (χ3v) is 9.01. The second-order valence-corrected chi connectivity index (χ2v) is 11.3. The summed E-state index contributed by atoms with van der Waals surface area (Å²) in [6.07, 6.45) is 10.4. The summed E-state index contributed by atoms with van der Waals surface area (Å²) >= 11 is 0. The first-order valence-corrected chi connectivity index (χ1v) is 13.2. The summed E-state index contributed by atoms with van der Waals surface area (Å²) in [5.74, 6) is -0.260. The molecule has 0 bridgehead atoms. The number of hydrogen-bond donors (Lipinski definition) is 1. The minimum Gasteiger partial charge on any atom is -0.480 e. The van der Waals surface area contributed by atoms with Crippen molar-refractivity contribution in [3.63, 3.8) is 0 Å². The van der Waals surface area contributed by atoms with E-state index >= 15 is 0 Å². The zero-order valence-corrected chi connectivity index (χ0v) is 19.2. The van der Waals surface area contributed by atoms with Gasteiger partial charge >= 0.3 is 5.97 Å². The molecule has 1 aromatic heterocycles. The summed E-state index contributed by atoms with van der Waals surface area (Å²) in [6, 6.07) is 7.36. The van der Waals surface area contributed by atoms with Crippen LogP contribution in [0, 0.1) is 12.8 Å². The molecule has 6 heteroatoms. The fraction of sp³-hybridized carbons (Fsp3) is 0.560. The number of carboxylic acid groups (broad SMARTS) is 1. The van der Waals surface area contributed by atoms with Crippen LogP contribution in [0.2, 0.25) is 0 Å². The number of aliphatic carboxylic acids is 1. The van der Waals surface area contributed by atoms with Gasteiger partial charge in [-0.05, 0) is 86.6 Å². The van der Waals surface area contributed by atoms with Crippen molar-refractivity contribution in [2.24, 2.45) is 5.92 Å². The van der Waals surface area contributed by atoms with E-state index in [1.54, 1.807) is 12.1 Å². The molecule has 0 atom stereocenters. The number of fused-ring (bicyclic) bond motifs is 1. The number of carbonyl (C=O) groups is 1. The lowest BCUT2D eigenvalue weighted by Crippen LogP contribution is -2.18. The number of aromatic nitrogens is 1. The van der Waals surface area contributed by atoms with Gasteiger partial charge in [-0.15, -0.1) is 0 Å². The summed E-state index contributed by atoms with van der Waals surface area (Å²) < 4.78 is 27.7. The first-order valence-electron chi connectivity index (χ1n) is 11.6. The molecule has 2 aromatic rings. The van der Waals surface area contributed by atoms with Crippen molar-refractivity contribution in [3.8, 4) is 0 Å². The number of rotatable bonds is 7. The van der Waals surface area contributed by atoms with Crippen molar-refractivity contribution < 1.29 is 18.3 Å². The third kappa shape index (κ3) is 4.89. The Hall–Kier alpha value is -2.08. The summed E-state index contributed by atoms with van der Waals surface area (Å²) in [6.45, 7) is 2.02. The molecule has 5 nitrogen and oxygen atoms in total. The van der Waals surface area contributed by atoms with E-state index in [1.165, 1.54) is 23.2 Å². The lowest BCUT2D eigenvalue weighted by molar-refractivity contribution is -0.137. The van der Waals surface area contributed by atoms with Gasteiger partial charge in [0.1, 0.15) is 6.54 Å². The second kappa shape index (κ2) is 9.19. The smallest absolute Gasteiger partial charge is 0.323 e. The maximum absolute atomic E-state index is 12.9. The molecule has 0 spiro atoms. The Kier molecular flexibility index (Phi) is 6.56. The van der Waals surface area contributed by atoms with Gasteiger partial charge in [-0.25, -0.2) is 8.42 Å². The molecule has 0 aliphatic heterocycles. The maximum atomic E-state index is 12.9. The predicted molar refractivity (Wildman–Crippen MR) is 121 cm³/mol. The van der Waals surface area contributed by atoms with Crippen molar-refractivity contribution in [1.29, 1.82) is 0 Å². The SMILES string of the molecule is Cc1c(Cc2ccc(S(=O)(=O)CC3CCCCC3)cc2)c2c(n1CC(=O)O)CCCC2. The normalized spacial score (nSPS) is 17.5. The van der Waals surface area contributed by atoms with Crippen LogP contribution in [0.1, 0.15) is 73.0 Å². The van der Waals surface area contributed by atoms with Crippen LogP contribution in [0.25, 0.3) is 0 Å². The van der Waals surface area contributed by atoms with Crippen LogP contribution >= 0.6 is 0 Å². The molecule has 1 aromatic carbocycles.